The predicted molar refractivity (Wildman–Crippen MR) is 88.9 cm³/mol. The molecule has 22 heavy (non-hydrogen) atoms. The highest BCUT2D eigenvalue weighted by Crippen LogP contribution is 2.35. The average Bonchev–Trinajstić information content (AvgIpc) is 2.59. The van der Waals surface area contributed by atoms with Crippen molar-refractivity contribution in [3.05, 3.63) is 35.9 Å². The summed E-state index contributed by atoms with van der Waals surface area (Å²) >= 11 is 0. The summed E-state index contributed by atoms with van der Waals surface area (Å²) in [6.07, 6.45) is 4.76. The second-order valence-electron chi connectivity index (χ2n) is 6.12. The first-order valence-corrected chi connectivity index (χ1v) is 8.43. The molecule has 1 saturated carbocycles. The molecule has 1 aromatic rings. The van der Waals surface area contributed by atoms with Gasteiger partial charge in [-0.25, -0.2) is 4.79 Å². The molecule has 0 spiro atoms. The largest absolute Gasteiger partial charge is 0.395 e. The van der Waals surface area contributed by atoms with Gasteiger partial charge in [-0.2, -0.15) is 0 Å². The Kier molecular flexibility index (Phi) is 6.72. The molecule has 4 nitrogen and oxygen atoms in total. The number of rotatable bonds is 6. The molecule has 0 bridgehead atoms. The lowest BCUT2D eigenvalue weighted by Crippen LogP contribution is -2.43. The van der Waals surface area contributed by atoms with Crippen LogP contribution in [0.2, 0.25) is 0 Å². The smallest absolute Gasteiger partial charge is 0.317 e. The molecule has 1 aliphatic rings. The van der Waals surface area contributed by atoms with Gasteiger partial charge in [-0.15, -0.1) is 0 Å². The third kappa shape index (κ3) is 4.73. The zero-order valence-corrected chi connectivity index (χ0v) is 13.5. The monoisotopic (exact) mass is 304 g/mol. The number of benzene rings is 1. The van der Waals surface area contributed by atoms with Gasteiger partial charge in [-0.1, -0.05) is 30.3 Å². The van der Waals surface area contributed by atoms with Crippen LogP contribution in [0.25, 0.3) is 0 Å². The quantitative estimate of drug-likeness (QED) is 0.849. The lowest BCUT2D eigenvalue weighted by atomic mass is 9.79. The van der Waals surface area contributed by atoms with Crippen LogP contribution >= 0.6 is 0 Å². The highest BCUT2D eigenvalue weighted by Gasteiger charge is 2.23. The van der Waals surface area contributed by atoms with Crippen LogP contribution in [0.5, 0.6) is 0 Å². The van der Waals surface area contributed by atoms with Crippen LogP contribution in [0, 0.1) is 5.92 Å². The molecule has 0 radical (unpaired) electrons. The van der Waals surface area contributed by atoms with Gasteiger partial charge in [0.2, 0.25) is 0 Å². The van der Waals surface area contributed by atoms with Gasteiger partial charge in [0.1, 0.15) is 0 Å². The number of nitrogens with one attached hydrogen (secondary N) is 1. The molecule has 1 fully saturated rings. The summed E-state index contributed by atoms with van der Waals surface area (Å²) in [6.45, 7) is 3.74. The molecule has 0 atom stereocenters. The molecule has 0 heterocycles. The number of hydrogen-bond acceptors (Lipinski definition) is 2. The number of hydrogen-bond donors (Lipinski definition) is 2. The Hall–Kier alpha value is -1.55. The van der Waals surface area contributed by atoms with E-state index in [2.05, 4.69) is 35.6 Å². The van der Waals surface area contributed by atoms with E-state index in [-0.39, 0.29) is 12.6 Å². The van der Waals surface area contributed by atoms with Crippen molar-refractivity contribution >= 4 is 6.03 Å². The second kappa shape index (κ2) is 8.79. The van der Waals surface area contributed by atoms with Crippen LogP contribution in [0.4, 0.5) is 4.79 Å². The van der Waals surface area contributed by atoms with Crippen molar-refractivity contribution in [2.75, 3.05) is 26.2 Å². The van der Waals surface area contributed by atoms with E-state index in [1.165, 1.54) is 31.2 Å². The van der Waals surface area contributed by atoms with Crippen LogP contribution in [-0.4, -0.2) is 42.3 Å². The molecule has 0 unspecified atom stereocenters. The lowest BCUT2D eigenvalue weighted by molar-refractivity contribution is 0.177. The summed E-state index contributed by atoms with van der Waals surface area (Å²) in [6, 6.07) is 10.7. The van der Waals surface area contributed by atoms with Gasteiger partial charge in [0, 0.05) is 19.6 Å². The number of nitrogens with zero attached hydrogens (tertiary/aromatic N) is 1. The Balaban J connectivity index is 1.72. The van der Waals surface area contributed by atoms with Crippen molar-refractivity contribution in [1.29, 1.82) is 0 Å². The number of likely N-dealkylation sites (N-methyl/N-ethyl adjacent to an activating group) is 1. The minimum atomic E-state index is -0.0540. The first kappa shape index (κ1) is 16.8. The number of urea groups is 1. The number of aliphatic hydroxyl groups excluding tert-OH is 1. The van der Waals surface area contributed by atoms with Crippen LogP contribution in [-0.2, 0) is 0 Å². The average molecular weight is 304 g/mol. The minimum Gasteiger partial charge on any atom is -0.395 e. The van der Waals surface area contributed by atoms with Crippen molar-refractivity contribution in [3.8, 4) is 0 Å². The van der Waals surface area contributed by atoms with Gasteiger partial charge in [-0.3, -0.25) is 0 Å². The highest BCUT2D eigenvalue weighted by atomic mass is 16.3. The molecule has 0 saturated heterocycles. The number of carbonyl (C=O) groups is 1. The van der Waals surface area contributed by atoms with Crippen LogP contribution < -0.4 is 5.32 Å². The zero-order valence-electron chi connectivity index (χ0n) is 13.5. The maximum Gasteiger partial charge on any atom is 0.317 e. The first-order valence-electron chi connectivity index (χ1n) is 8.43. The Morgan fingerprint density at radius 3 is 2.50 bits per heavy atom. The summed E-state index contributed by atoms with van der Waals surface area (Å²) in [4.78, 5) is 13.6. The van der Waals surface area contributed by atoms with Crippen LogP contribution in [0.3, 0.4) is 0 Å². The van der Waals surface area contributed by atoms with E-state index in [1.54, 1.807) is 4.90 Å². The molecular formula is C18H28N2O2. The van der Waals surface area contributed by atoms with E-state index >= 15 is 0 Å². The molecule has 2 amide bonds. The number of amides is 2. The van der Waals surface area contributed by atoms with E-state index in [1.807, 2.05) is 6.92 Å². The van der Waals surface area contributed by atoms with Crippen molar-refractivity contribution in [3.63, 3.8) is 0 Å². The van der Waals surface area contributed by atoms with E-state index in [0.717, 1.165) is 6.54 Å². The third-order valence-electron chi connectivity index (χ3n) is 4.70. The Morgan fingerprint density at radius 1 is 1.23 bits per heavy atom. The van der Waals surface area contributed by atoms with Crippen molar-refractivity contribution < 1.29 is 9.90 Å². The molecule has 0 aromatic heterocycles. The van der Waals surface area contributed by atoms with E-state index in [0.29, 0.717) is 24.9 Å². The zero-order chi connectivity index (χ0) is 15.8. The highest BCUT2D eigenvalue weighted by molar-refractivity contribution is 5.74. The topological polar surface area (TPSA) is 52.6 Å². The molecule has 4 heteroatoms. The summed E-state index contributed by atoms with van der Waals surface area (Å²) < 4.78 is 0. The Morgan fingerprint density at radius 2 is 1.91 bits per heavy atom. The normalized spacial score (nSPS) is 21.4. The SMILES string of the molecule is CCN(CCO)C(=O)NCC1CCC(c2ccccc2)CC1. The molecule has 122 valence electrons. The lowest BCUT2D eigenvalue weighted by Gasteiger charge is -2.29. The standard InChI is InChI=1S/C18H28N2O2/c1-2-20(12-13-21)18(22)19-14-15-8-10-17(11-9-15)16-6-4-3-5-7-16/h3-7,15,17,21H,2,8-14H2,1H3,(H,19,22). The molecule has 2 rings (SSSR count). The van der Waals surface area contributed by atoms with Gasteiger partial charge in [0.15, 0.2) is 0 Å². The van der Waals surface area contributed by atoms with Crippen LogP contribution in [0.1, 0.15) is 44.1 Å². The van der Waals surface area contributed by atoms with Gasteiger partial charge in [0.05, 0.1) is 6.61 Å². The number of carbonyl (C=O) groups excluding carboxylic acids is 1. The molecule has 1 aromatic carbocycles. The maximum atomic E-state index is 12.0. The summed E-state index contributed by atoms with van der Waals surface area (Å²) in [7, 11) is 0. The summed E-state index contributed by atoms with van der Waals surface area (Å²) in [5, 5.41) is 12.0. The van der Waals surface area contributed by atoms with E-state index < -0.39 is 0 Å². The molecule has 2 N–H and O–H groups in total. The Bertz CT molecular complexity index is 442. The van der Waals surface area contributed by atoms with Gasteiger partial charge >= 0.3 is 6.03 Å². The van der Waals surface area contributed by atoms with Crippen molar-refractivity contribution in [2.24, 2.45) is 5.92 Å². The van der Waals surface area contributed by atoms with Gasteiger partial charge in [0.25, 0.3) is 0 Å². The Labute approximate surface area is 133 Å². The van der Waals surface area contributed by atoms with Crippen molar-refractivity contribution in [1.82, 2.24) is 10.2 Å². The fourth-order valence-corrected chi connectivity index (χ4v) is 3.29. The fraction of sp³-hybridized carbons (Fsp3) is 0.611. The summed E-state index contributed by atoms with van der Waals surface area (Å²) in [5.41, 5.74) is 1.45. The van der Waals surface area contributed by atoms with Gasteiger partial charge < -0.3 is 15.3 Å². The second-order valence-corrected chi connectivity index (χ2v) is 6.12. The fourth-order valence-electron chi connectivity index (χ4n) is 3.29. The molecule has 1 aliphatic carbocycles. The van der Waals surface area contributed by atoms with E-state index in [9.17, 15) is 4.79 Å². The molecule has 0 aliphatic heterocycles. The predicted octanol–water partition coefficient (Wildman–Crippen LogP) is 2.98. The third-order valence-corrected chi connectivity index (χ3v) is 4.70. The maximum absolute atomic E-state index is 12.0. The first-order chi connectivity index (χ1) is 10.7. The summed E-state index contributed by atoms with van der Waals surface area (Å²) in [5.74, 6) is 1.26. The van der Waals surface area contributed by atoms with Gasteiger partial charge in [-0.05, 0) is 50.0 Å². The van der Waals surface area contributed by atoms with E-state index in [4.69, 9.17) is 5.11 Å². The van der Waals surface area contributed by atoms with Crippen molar-refractivity contribution in [2.45, 2.75) is 38.5 Å². The molecular weight excluding hydrogens is 276 g/mol. The number of aliphatic hydroxyl groups is 1. The minimum absolute atomic E-state index is 0.0173. The van der Waals surface area contributed by atoms with Crippen LogP contribution in [0.15, 0.2) is 30.3 Å².